The molecule has 21 heavy (non-hydrogen) atoms. The van der Waals surface area contributed by atoms with Crippen molar-refractivity contribution in [2.24, 2.45) is 0 Å². The summed E-state index contributed by atoms with van der Waals surface area (Å²) in [6, 6.07) is 6.77. The van der Waals surface area contributed by atoms with E-state index in [9.17, 15) is 4.39 Å². The van der Waals surface area contributed by atoms with E-state index in [1.807, 2.05) is 31.2 Å². The molecule has 0 aromatic heterocycles. The van der Waals surface area contributed by atoms with Crippen molar-refractivity contribution >= 4 is 11.7 Å². The molecule has 3 nitrogen and oxygen atoms in total. The minimum absolute atomic E-state index is 0.173. The second-order valence-corrected chi connectivity index (χ2v) is 4.46. The average Bonchev–Trinajstić information content (AvgIpc) is 2.43. The molecule has 0 fully saturated rings. The Labute approximate surface area is 125 Å². The normalized spacial score (nSPS) is 11.1. The monoisotopic (exact) mass is 294 g/mol. The van der Waals surface area contributed by atoms with Crippen LogP contribution in [-0.2, 0) is 0 Å². The van der Waals surface area contributed by atoms with E-state index in [0.29, 0.717) is 0 Å². The molecule has 0 bridgehead atoms. The molecule has 0 unspecified atom stereocenters. The van der Waals surface area contributed by atoms with Gasteiger partial charge < -0.3 is 10.2 Å². The van der Waals surface area contributed by atoms with Gasteiger partial charge in [-0.2, -0.15) is 0 Å². The number of carbonyl (C=O) groups is 1. The van der Waals surface area contributed by atoms with Crippen LogP contribution < -0.4 is 0 Å². The van der Waals surface area contributed by atoms with Crippen molar-refractivity contribution in [3.63, 3.8) is 0 Å². The summed E-state index contributed by atoms with van der Waals surface area (Å²) in [5.41, 5.74) is 2.41. The molecule has 0 radical (unpaired) electrons. The SMILES string of the molecule is C/C=C/C=C(\CCCCC)c1ccc(F)cc1.O=C(O)O. The molecule has 1 aromatic rings. The van der Waals surface area contributed by atoms with Gasteiger partial charge in [0, 0.05) is 0 Å². The van der Waals surface area contributed by atoms with Crippen LogP contribution in [0.5, 0.6) is 0 Å². The maximum Gasteiger partial charge on any atom is 0.503 e. The highest BCUT2D eigenvalue weighted by molar-refractivity contribution is 5.66. The van der Waals surface area contributed by atoms with Gasteiger partial charge >= 0.3 is 6.16 Å². The van der Waals surface area contributed by atoms with Gasteiger partial charge in [-0.15, -0.1) is 0 Å². The lowest BCUT2D eigenvalue weighted by molar-refractivity contribution is 0.137. The Morgan fingerprint density at radius 1 is 1.19 bits per heavy atom. The molecule has 0 saturated carbocycles. The summed E-state index contributed by atoms with van der Waals surface area (Å²) < 4.78 is 12.9. The molecule has 1 rings (SSSR count). The summed E-state index contributed by atoms with van der Waals surface area (Å²) in [6.45, 7) is 4.21. The fraction of sp³-hybridized carbons (Fsp3) is 0.353. The highest BCUT2D eigenvalue weighted by atomic mass is 19.1. The smallest absolute Gasteiger partial charge is 0.450 e. The van der Waals surface area contributed by atoms with E-state index < -0.39 is 6.16 Å². The number of benzene rings is 1. The molecule has 1 aromatic carbocycles. The van der Waals surface area contributed by atoms with Gasteiger partial charge in [-0.25, -0.2) is 9.18 Å². The molecule has 0 aliphatic carbocycles. The van der Waals surface area contributed by atoms with E-state index in [1.54, 1.807) is 0 Å². The molecular formula is C17H23FO3. The summed E-state index contributed by atoms with van der Waals surface area (Å²) in [4.78, 5) is 8.56. The lowest BCUT2D eigenvalue weighted by Crippen LogP contribution is -1.86. The van der Waals surface area contributed by atoms with Crippen LogP contribution in [0.15, 0.2) is 42.5 Å². The number of rotatable bonds is 6. The Morgan fingerprint density at radius 3 is 2.24 bits per heavy atom. The zero-order chi connectivity index (χ0) is 16.1. The minimum Gasteiger partial charge on any atom is -0.450 e. The van der Waals surface area contributed by atoms with Crippen LogP contribution >= 0.6 is 0 Å². The molecule has 0 spiro atoms. The average molecular weight is 294 g/mol. The number of carboxylic acid groups (broad SMARTS) is 2. The van der Waals surface area contributed by atoms with Gasteiger partial charge in [-0.1, -0.05) is 50.1 Å². The molecule has 2 N–H and O–H groups in total. The largest absolute Gasteiger partial charge is 0.503 e. The van der Waals surface area contributed by atoms with Crippen molar-refractivity contribution in [3.8, 4) is 0 Å². The van der Waals surface area contributed by atoms with E-state index in [-0.39, 0.29) is 5.82 Å². The van der Waals surface area contributed by atoms with Gasteiger partial charge in [0.2, 0.25) is 0 Å². The topological polar surface area (TPSA) is 57.5 Å². The third-order valence-electron chi connectivity index (χ3n) is 2.75. The summed E-state index contributed by atoms with van der Waals surface area (Å²) in [5, 5.41) is 13.9. The molecule has 116 valence electrons. The maximum atomic E-state index is 12.9. The van der Waals surface area contributed by atoms with Crippen LogP contribution in [0, 0.1) is 5.82 Å². The molecule has 0 saturated heterocycles. The van der Waals surface area contributed by atoms with Crippen molar-refractivity contribution in [2.75, 3.05) is 0 Å². The molecule has 4 heteroatoms. The quantitative estimate of drug-likeness (QED) is 0.531. The Morgan fingerprint density at radius 2 is 1.76 bits per heavy atom. The lowest BCUT2D eigenvalue weighted by Gasteiger charge is -2.07. The minimum atomic E-state index is -1.83. The van der Waals surface area contributed by atoms with Gasteiger partial charge in [0.25, 0.3) is 0 Å². The van der Waals surface area contributed by atoms with Crippen molar-refractivity contribution < 1.29 is 19.4 Å². The lowest BCUT2D eigenvalue weighted by atomic mass is 9.99. The zero-order valence-corrected chi connectivity index (χ0v) is 12.6. The van der Waals surface area contributed by atoms with Gasteiger partial charge in [0.1, 0.15) is 5.82 Å². The van der Waals surface area contributed by atoms with Gasteiger partial charge in [-0.05, 0) is 43.0 Å². The second kappa shape index (κ2) is 11.7. The third kappa shape index (κ3) is 10.4. The Bertz CT molecular complexity index is 457. The first kappa shape index (κ1) is 18.9. The molecular weight excluding hydrogens is 271 g/mol. The van der Waals surface area contributed by atoms with Crippen LogP contribution in [-0.4, -0.2) is 16.4 Å². The fourth-order valence-electron chi connectivity index (χ4n) is 1.77. The summed E-state index contributed by atoms with van der Waals surface area (Å²) in [7, 11) is 0. The summed E-state index contributed by atoms with van der Waals surface area (Å²) in [5.74, 6) is -0.173. The number of unbranched alkanes of at least 4 members (excludes halogenated alkanes) is 2. The first-order chi connectivity index (χ1) is 10.0. The second-order valence-electron chi connectivity index (χ2n) is 4.46. The van der Waals surface area contributed by atoms with Crippen LogP contribution in [0.1, 0.15) is 45.1 Å². The molecule has 0 heterocycles. The fourth-order valence-corrected chi connectivity index (χ4v) is 1.77. The van der Waals surface area contributed by atoms with Crippen molar-refractivity contribution in [1.29, 1.82) is 0 Å². The Hall–Kier alpha value is -2.10. The van der Waals surface area contributed by atoms with E-state index in [1.165, 1.54) is 37.0 Å². The highest BCUT2D eigenvalue weighted by Gasteiger charge is 2.01. The molecule has 0 aliphatic heterocycles. The van der Waals surface area contributed by atoms with Crippen molar-refractivity contribution in [2.45, 2.75) is 39.5 Å². The van der Waals surface area contributed by atoms with Crippen LogP contribution in [0.2, 0.25) is 0 Å². The maximum absolute atomic E-state index is 12.9. The first-order valence-electron chi connectivity index (χ1n) is 7.01. The van der Waals surface area contributed by atoms with Crippen molar-refractivity contribution in [1.82, 2.24) is 0 Å². The van der Waals surface area contributed by atoms with Gasteiger partial charge in [0.05, 0.1) is 0 Å². The summed E-state index contributed by atoms with van der Waals surface area (Å²) in [6.07, 6.45) is 9.08. The molecule has 0 atom stereocenters. The zero-order valence-electron chi connectivity index (χ0n) is 12.6. The van der Waals surface area contributed by atoms with Gasteiger partial charge in [0.15, 0.2) is 0 Å². The van der Waals surface area contributed by atoms with Crippen LogP contribution in [0.25, 0.3) is 5.57 Å². The van der Waals surface area contributed by atoms with E-state index >= 15 is 0 Å². The van der Waals surface area contributed by atoms with E-state index in [2.05, 4.69) is 13.0 Å². The first-order valence-corrected chi connectivity index (χ1v) is 7.01. The molecule has 0 amide bonds. The third-order valence-corrected chi connectivity index (χ3v) is 2.75. The van der Waals surface area contributed by atoms with E-state index in [0.717, 1.165) is 12.0 Å². The van der Waals surface area contributed by atoms with Crippen LogP contribution in [0.4, 0.5) is 9.18 Å². The Balaban J connectivity index is 0.000000885. The standard InChI is InChI=1S/C16H21F.CH2O3/c1-3-5-7-9-14(8-6-4-2)15-10-12-16(17)13-11-15;2-1(3)4/h4,6,8,10-13H,3,5,7,9H2,1-2H3;(H2,2,3,4)/b6-4+,14-8+;. The van der Waals surface area contributed by atoms with Crippen molar-refractivity contribution in [3.05, 3.63) is 53.9 Å². The van der Waals surface area contributed by atoms with Gasteiger partial charge in [-0.3, -0.25) is 0 Å². The predicted molar refractivity (Wildman–Crippen MR) is 84.0 cm³/mol. The molecule has 0 aliphatic rings. The highest BCUT2D eigenvalue weighted by Crippen LogP contribution is 2.21. The number of hydrogen-bond acceptors (Lipinski definition) is 1. The summed E-state index contributed by atoms with van der Waals surface area (Å²) >= 11 is 0. The van der Waals surface area contributed by atoms with E-state index in [4.69, 9.17) is 15.0 Å². The predicted octanol–water partition coefficient (Wildman–Crippen LogP) is 5.59. The Kier molecular flexibility index (Phi) is 10.5. The number of halogens is 1. The number of allylic oxidation sites excluding steroid dienone is 4. The number of hydrogen-bond donors (Lipinski definition) is 2. The van der Waals surface area contributed by atoms with Crippen LogP contribution in [0.3, 0.4) is 0 Å².